The number of hydrogen-bond acceptors (Lipinski definition) is 5. The van der Waals surface area contributed by atoms with Crippen molar-refractivity contribution in [3.63, 3.8) is 0 Å². The van der Waals surface area contributed by atoms with Crippen LogP contribution in [0.25, 0.3) is 0 Å². The predicted molar refractivity (Wildman–Crippen MR) is 110 cm³/mol. The highest BCUT2D eigenvalue weighted by atomic mass is 19.1. The molecule has 0 radical (unpaired) electrons. The smallest absolute Gasteiger partial charge is 0.451 e. The van der Waals surface area contributed by atoms with Crippen molar-refractivity contribution < 1.29 is 28.0 Å². The minimum atomic E-state index is -1.11. The molecule has 4 saturated carbocycles. The molecule has 7 rings (SSSR count). The number of cyclic esters (lactones) is 1. The average Bonchev–Trinajstić information content (AvgIpc) is 3.37. The van der Waals surface area contributed by atoms with Crippen LogP contribution in [0.3, 0.4) is 0 Å². The van der Waals surface area contributed by atoms with Gasteiger partial charge in [0.2, 0.25) is 5.79 Å². The van der Waals surface area contributed by atoms with Crippen LogP contribution in [0.1, 0.15) is 81.1 Å². The van der Waals surface area contributed by atoms with E-state index in [-0.39, 0.29) is 36.1 Å². The fourth-order valence-corrected chi connectivity index (χ4v) is 7.97. The second-order valence-electron chi connectivity index (χ2n) is 11.2. The Morgan fingerprint density at radius 3 is 2.87 bits per heavy atom. The number of benzene rings is 1. The van der Waals surface area contributed by atoms with Gasteiger partial charge in [0, 0.05) is 19.7 Å². The quantitative estimate of drug-likeness (QED) is 0.512. The highest BCUT2D eigenvalue weighted by Crippen LogP contribution is 2.78. The van der Waals surface area contributed by atoms with Crippen molar-refractivity contribution in [1.29, 1.82) is 0 Å². The van der Waals surface area contributed by atoms with Gasteiger partial charge in [-0.05, 0) is 73.3 Å². The lowest BCUT2D eigenvalue weighted by molar-refractivity contribution is -0.301. The zero-order valence-electron chi connectivity index (χ0n) is 18.3. The number of ether oxygens (including phenoxy) is 2. The SMILES string of the molecule is CCC12CC3CC[C@H]4OB(C5C[C@@H]5c5ccc(F)c6c5OC(C)(C)OC6=O)OC4(C1)[C@H]32. The lowest BCUT2D eigenvalue weighted by Crippen LogP contribution is -2.76. The summed E-state index contributed by atoms with van der Waals surface area (Å²) in [5.74, 6) is -0.204. The molecule has 1 aromatic rings. The molecule has 1 aromatic carbocycles. The summed E-state index contributed by atoms with van der Waals surface area (Å²) in [4.78, 5) is 12.4. The van der Waals surface area contributed by atoms with Crippen LogP contribution in [0.4, 0.5) is 4.39 Å². The zero-order valence-corrected chi connectivity index (χ0v) is 18.3. The maximum Gasteiger partial charge on any atom is 0.461 e. The molecule has 1 saturated heterocycles. The van der Waals surface area contributed by atoms with E-state index in [4.69, 9.17) is 18.8 Å². The lowest BCUT2D eigenvalue weighted by atomic mass is 9.32. The van der Waals surface area contributed by atoms with E-state index >= 15 is 0 Å². The number of fused-ring (bicyclic) bond motifs is 1. The third-order valence-electron chi connectivity index (χ3n) is 9.25. The van der Waals surface area contributed by atoms with Gasteiger partial charge in [0.05, 0.1) is 11.7 Å². The van der Waals surface area contributed by atoms with Crippen molar-refractivity contribution in [1.82, 2.24) is 0 Å². The molecule has 31 heavy (non-hydrogen) atoms. The van der Waals surface area contributed by atoms with Crippen molar-refractivity contribution >= 4 is 13.1 Å². The van der Waals surface area contributed by atoms with E-state index in [2.05, 4.69) is 6.92 Å². The predicted octanol–water partition coefficient (Wildman–Crippen LogP) is 4.84. The molecule has 7 atom stereocenters. The summed E-state index contributed by atoms with van der Waals surface area (Å²) in [5, 5.41) is 0. The Kier molecular flexibility index (Phi) is 3.45. The number of rotatable bonds is 3. The highest BCUT2D eigenvalue weighted by molar-refractivity contribution is 6.49. The van der Waals surface area contributed by atoms with E-state index in [1.807, 2.05) is 0 Å². The van der Waals surface area contributed by atoms with Gasteiger partial charge in [0.25, 0.3) is 0 Å². The van der Waals surface area contributed by atoms with E-state index in [1.54, 1.807) is 19.9 Å². The van der Waals surface area contributed by atoms with E-state index in [1.165, 1.54) is 25.3 Å². The Morgan fingerprint density at radius 2 is 2.06 bits per heavy atom. The number of carbonyl (C=O) groups excluding carboxylic acids is 1. The second-order valence-corrected chi connectivity index (χ2v) is 11.2. The molecule has 0 amide bonds. The number of halogens is 1. The van der Waals surface area contributed by atoms with Crippen LogP contribution < -0.4 is 4.74 Å². The molecule has 0 aromatic heterocycles. The largest absolute Gasteiger partial charge is 0.461 e. The number of esters is 1. The summed E-state index contributed by atoms with van der Waals surface area (Å²) in [6.07, 6.45) is 7.24. The van der Waals surface area contributed by atoms with Gasteiger partial charge >= 0.3 is 13.1 Å². The summed E-state index contributed by atoms with van der Waals surface area (Å²) in [6.45, 7) is 5.66. The Bertz CT molecular complexity index is 1010. The van der Waals surface area contributed by atoms with Gasteiger partial charge in [0.15, 0.2) is 0 Å². The van der Waals surface area contributed by atoms with Crippen molar-refractivity contribution in [2.75, 3.05) is 0 Å². The Hall–Kier alpha value is -1.60. The fraction of sp³-hybridized carbons (Fsp3) is 0.708. The Labute approximate surface area is 182 Å². The zero-order chi connectivity index (χ0) is 21.3. The van der Waals surface area contributed by atoms with E-state index in [0.717, 1.165) is 30.7 Å². The van der Waals surface area contributed by atoms with Crippen LogP contribution in [-0.4, -0.2) is 30.6 Å². The third kappa shape index (κ3) is 2.27. The van der Waals surface area contributed by atoms with Gasteiger partial charge in [0.1, 0.15) is 17.1 Å². The molecule has 5 nitrogen and oxygen atoms in total. The summed E-state index contributed by atoms with van der Waals surface area (Å²) >= 11 is 0. The molecule has 164 valence electrons. The molecule has 5 fully saturated rings. The fourth-order valence-electron chi connectivity index (χ4n) is 7.97. The summed E-state index contributed by atoms with van der Waals surface area (Å²) in [5.41, 5.74) is 1.20. The first-order chi connectivity index (χ1) is 14.8. The minimum absolute atomic E-state index is 0.0699. The maximum atomic E-state index is 14.4. The van der Waals surface area contributed by atoms with E-state index < -0.39 is 17.6 Å². The summed E-state index contributed by atoms with van der Waals surface area (Å²) in [7, 11) is -0.214. The van der Waals surface area contributed by atoms with Crippen molar-refractivity contribution in [3.8, 4) is 5.75 Å². The first-order valence-corrected chi connectivity index (χ1v) is 11.8. The molecule has 4 aliphatic carbocycles. The maximum absolute atomic E-state index is 14.4. The monoisotopic (exact) mass is 426 g/mol. The van der Waals surface area contributed by atoms with Crippen LogP contribution in [0.5, 0.6) is 5.75 Å². The Balaban J connectivity index is 1.16. The standard InChI is InChI=1S/C24H28BFO5/c1-4-23-10-12-5-8-17-24(11-23,20(12)23)31-25(30-17)15-9-14(15)13-6-7-16(26)18-19(13)28-22(2,3)29-21(18)27/h6-7,12,14-15,17,20H,4-5,8-11H2,1-3H3/t12?,14-,15?,17-,20-,23?,24?/m1/s1. The Morgan fingerprint density at radius 1 is 1.23 bits per heavy atom. The van der Waals surface area contributed by atoms with Gasteiger partial charge in [-0.3, -0.25) is 0 Å². The van der Waals surface area contributed by atoms with Gasteiger partial charge < -0.3 is 18.8 Å². The van der Waals surface area contributed by atoms with Gasteiger partial charge in [-0.2, -0.15) is 0 Å². The molecule has 7 heteroatoms. The molecule has 4 unspecified atom stereocenters. The molecule has 0 N–H and O–H groups in total. The molecule has 1 spiro atoms. The van der Waals surface area contributed by atoms with Crippen LogP contribution >= 0.6 is 0 Å². The summed E-state index contributed by atoms with van der Waals surface area (Å²) < 4.78 is 38.9. The highest BCUT2D eigenvalue weighted by Gasteiger charge is 2.79. The van der Waals surface area contributed by atoms with Crippen LogP contribution in [0.2, 0.25) is 5.82 Å². The molecular weight excluding hydrogens is 398 g/mol. The van der Waals surface area contributed by atoms with Crippen LogP contribution in [-0.2, 0) is 14.0 Å². The third-order valence-corrected chi connectivity index (χ3v) is 9.25. The molecule has 2 heterocycles. The second kappa shape index (κ2) is 5.66. The number of hydrogen-bond donors (Lipinski definition) is 0. The van der Waals surface area contributed by atoms with E-state index in [0.29, 0.717) is 17.1 Å². The molecule has 6 aliphatic rings. The molecular formula is C24H28BFO5. The topological polar surface area (TPSA) is 54.0 Å². The van der Waals surface area contributed by atoms with Crippen molar-refractivity contribution in [2.45, 2.75) is 88.5 Å². The van der Waals surface area contributed by atoms with E-state index in [9.17, 15) is 9.18 Å². The van der Waals surface area contributed by atoms with Crippen LogP contribution in [0, 0.1) is 23.1 Å². The molecule has 2 aliphatic heterocycles. The molecule has 0 bridgehead atoms. The van der Waals surface area contributed by atoms with Gasteiger partial charge in [-0.15, -0.1) is 0 Å². The van der Waals surface area contributed by atoms with Gasteiger partial charge in [-0.25, -0.2) is 9.18 Å². The average molecular weight is 426 g/mol. The minimum Gasteiger partial charge on any atom is -0.451 e. The van der Waals surface area contributed by atoms with Crippen molar-refractivity contribution in [3.05, 3.63) is 29.1 Å². The number of carbonyl (C=O) groups is 1. The normalized spacial score (nSPS) is 45.4. The van der Waals surface area contributed by atoms with Crippen LogP contribution in [0.15, 0.2) is 12.1 Å². The van der Waals surface area contributed by atoms with Crippen molar-refractivity contribution in [2.24, 2.45) is 17.3 Å². The summed E-state index contributed by atoms with van der Waals surface area (Å²) in [6, 6.07) is 3.10. The first-order valence-electron chi connectivity index (χ1n) is 11.8. The van der Waals surface area contributed by atoms with Gasteiger partial charge in [-0.1, -0.05) is 13.0 Å². The lowest BCUT2D eigenvalue weighted by Gasteiger charge is -2.75. The first kappa shape index (κ1) is 18.9.